The number of hydrogen-bond donors (Lipinski definition) is 1. The predicted molar refractivity (Wildman–Crippen MR) is 114 cm³/mol. The molecule has 2 aliphatic heterocycles. The van der Waals surface area contributed by atoms with Gasteiger partial charge in [0.25, 0.3) is 0 Å². The molecule has 2 aliphatic rings. The average Bonchev–Trinajstić information content (AvgIpc) is 3.14. The first-order valence-electron chi connectivity index (χ1n) is 7.84. The van der Waals surface area contributed by atoms with Crippen molar-refractivity contribution in [1.29, 1.82) is 0 Å². The van der Waals surface area contributed by atoms with Crippen molar-refractivity contribution in [2.24, 2.45) is 0 Å². The number of nitrogens with one attached hydrogen (secondary N) is 1. The van der Waals surface area contributed by atoms with Crippen molar-refractivity contribution >= 4 is 72.3 Å². The van der Waals surface area contributed by atoms with Crippen LogP contribution in [0.2, 0.25) is 10.0 Å². The summed E-state index contributed by atoms with van der Waals surface area (Å²) in [4.78, 5) is 13.0. The Morgan fingerprint density at radius 1 is 1.04 bits per heavy atom. The molecule has 27 heavy (non-hydrogen) atoms. The first-order chi connectivity index (χ1) is 11.9. The summed E-state index contributed by atoms with van der Waals surface area (Å²) in [5, 5.41) is 4.70. The molecule has 0 atom stereocenters. The molecule has 0 unspecified atom stereocenters. The largest absolute Gasteiger partial charge is 1.00 e. The van der Waals surface area contributed by atoms with Gasteiger partial charge in [-0.1, -0.05) is 55.1 Å². The van der Waals surface area contributed by atoms with Gasteiger partial charge in [-0.25, -0.2) is 0 Å². The zero-order valence-electron chi connectivity index (χ0n) is 15.0. The maximum absolute atomic E-state index is 11.3. The molecular formula is C18H17Br2Cl2LiN2O2. The van der Waals surface area contributed by atoms with Gasteiger partial charge >= 0.3 is 18.9 Å². The van der Waals surface area contributed by atoms with Crippen molar-refractivity contribution in [2.45, 2.75) is 19.8 Å². The van der Waals surface area contributed by atoms with Crippen LogP contribution in [-0.2, 0) is 17.6 Å². The van der Waals surface area contributed by atoms with E-state index in [-0.39, 0.29) is 30.2 Å². The standard InChI is InChI=1S/C10H9BrClNO.C8H7BrClN.Li.H2O/c1-6(14)13-3-2-7-4-8(11)5-9(12)10(7)13;9-6-3-5-1-2-11-8(5)7(10)4-6;;/h4-5H,2-3H2,1H3;3-4,11H,1-2H2;;1H2/q;;+1;/p-1. The van der Waals surface area contributed by atoms with Crippen molar-refractivity contribution in [3.8, 4) is 0 Å². The maximum Gasteiger partial charge on any atom is 1.00 e. The Morgan fingerprint density at radius 2 is 1.63 bits per heavy atom. The maximum atomic E-state index is 11.3. The van der Waals surface area contributed by atoms with Gasteiger partial charge in [0.1, 0.15) is 0 Å². The Morgan fingerprint density at radius 3 is 2.26 bits per heavy atom. The number of hydrogen-bond acceptors (Lipinski definition) is 3. The van der Waals surface area contributed by atoms with Crippen LogP contribution < -0.4 is 29.1 Å². The van der Waals surface area contributed by atoms with Crippen LogP contribution in [0.3, 0.4) is 0 Å². The smallest absolute Gasteiger partial charge is 0.870 e. The number of halogens is 4. The molecule has 4 nitrogen and oxygen atoms in total. The van der Waals surface area contributed by atoms with Gasteiger partial charge in [-0.2, -0.15) is 0 Å². The van der Waals surface area contributed by atoms with Crippen molar-refractivity contribution < 1.29 is 29.1 Å². The molecule has 4 rings (SSSR count). The van der Waals surface area contributed by atoms with Crippen LogP contribution in [0.5, 0.6) is 0 Å². The molecule has 2 aromatic carbocycles. The molecular weight excluding hydrogens is 514 g/mol. The number of carbonyl (C=O) groups excluding carboxylic acids is 1. The van der Waals surface area contributed by atoms with Crippen molar-refractivity contribution in [2.75, 3.05) is 23.3 Å². The quantitative estimate of drug-likeness (QED) is 0.533. The first kappa shape index (κ1) is 24.8. The van der Waals surface area contributed by atoms with Crippen molar-refractivity contribution in [3.63, 3.8) is 0 Å². The van der Waals surface area contributed by atoms with E-state index in [0.29, 0.717) is 5.02 Å². The Bertz CT molecular complexity index is 853. The predicted octanol–water partition coefficient (Wildman–Crippen LogP) is 2.91. The molecule has 0 bridgehead atoms. The van der Waals surface area contributed by atoms with E-state index in [0.717, 1.165) is 56.8 Å². The summed E-state index contributed by atoms with van der Waals surface area (Å²) in [6.45, 7) is 3.31. The van der Waals surface area contributed by atoms with Crippen LogP contribution in [-0.4, -0.2) is 24.5 Å². The Hall–Kier alpha value is -0.193. The second-order valence-electron chi connectivity index (χ2n) is 5.91. The van der Waals surface area contributed by atoms with E-state index in [1.165, 1.54) is 5.56 Å². The third kappa shape index (κ3) is 5.67. The molecule has 140 valence electrons. The minimum Gasteiger partial charge on any atom is -0.870 e. The monoisotopic (exact) mass is 528 g/mol. The summed E-state index contributed by atoms with van der Waals surface area (Å²) in [5.41, 5.74) is 4.43. The second-order valence-corrected chi connectivity index (χ2v) is 8.56. The molecule has 9 heteroatoms. The number of benzene rings is 2. The zero-order chi connectivity index (χ0) is 18.1. The van der Waals surface area contributed by atoms with Crippen LogP contribution in [0.1, 0.15) is 18.1 Å². The molecule has 0 aliphatic carbocycles. The van der Waals surface area contributed by atoms with Crippen LogP contribution in [0.25, 0.3) is 0 Å². The summed E-state index contributed by atoms with van der Waals surface area (Å²) in [7, 11) is 0. The van der Waals surface area contributed by atoms with E-state index in [4.69, 9.17) is 23.2 Å². The molecule has 2 N–H and O–H groups in total. The Balaban J connectivity index is 0.000000257. The van der Waals surface area contributed by atoms with Gasteiger partial charge in [0, 0.05) is 29.0 Å². The van der Waals surface area contributed by atoms with Gasteiger partial charge in [0.05, 0.1) is 21.4 Å². The minimum atomic E-state index is 0. The van der Waals surface area contributed by atoms with Gasteiger partial charge in [0.2, 0.25) is 5.91 Å². The van der Waals surface area contributed by atoms with Crippen LogP contribution in [0.15, 0.2) is 33.2 Å². The fourth-order valence-corrected chi connectivity index (χ4v) is 5.04. The number of carbonyl (C=O) groups is 1. The fourth-order valence-electron chi connectivity index (χ4n) is 3.12. The van der Waals surface area contributed by atoms with Gasteiger partial charge in [0.15, 0.2) is 0 Å². The van der Waals surface area contributed by atoms with Crippen LogP contribution >= 0.6 is 55.1 Å². The summed E-state index contributed by atoms with van der Waals surface area (Å²) in [6, 6.07) is 7.87. The number of fused-ring (bicyclic) bond motifs is 2. The van der Waals surface area contributed by atoms with Crippen molar-refractivity contribution in [1.82, 2.24) is 0 Å². The van der Waals surface area contributed by atoms with E-state index in [1.807, 2.05) is 18.2 Å². The molecule has 0 saturated heterocycles. The Labute approximate surface area is 197 Å². The summed E-state index contributed by atoms with van der Waals surface area (Å²) >= 11 is 18.9. The summed E-state index contributed by atoms with van der Waals surface area (Å²) < 4.78 is 2.02. The number of anilines is 2. The molecule has 0 fully saturated rings. The number of amides is 1. The van der Waals surface area contributed by atoms with E-state index in [9.17, 15) is 4.79 Å². The van der Waals surface area contributed by atoms with Gasteiger partial charge < -0.3 is 15.7 Å². The topological polar surface area (TPSA) is 62.3 Å². The van der Waals surface area contributed by atoms with Crippen LogP contribution in [0.4, 0.5) is 11.4 Å². The molecule has 0 saturated carbocycles. The molecule has 1 amide bonds. The first-order valence-corrected chi connectivity index (χ1v) is 10.2. The van der Waals surface area contributed by atoms with E-state index >= 15 is 0 Å². The number of nitrogens with zero attached hydrogens (tertiary/aromatic N) is 1. The molecule has 2 aromatic rings. The number of rotatable bonds is 0. The van der Waals surface area contributed by atoms with E-state index in [1.54, 1.807) is 11.8 Å². The third-order valence-corrected chi connectivity index (χ3v) is 5.70. The average molecular weight is 531 g/mol. The van der Waals surface area contributed by atoms with E-state index < -0.39 is 0 Å². The summed E-state index contributed by atoms with van der Waals surface area (Å²) in [5.74, 6) is 0.0490. The van der Waals surface area contributed by atoms with Crippen LogP contribution in [0, 0.1) is 0 Å². The Kier molecular flexibility index (Phi) is 9.70. The van der Waals surface area contributed by atoms with E-state index in [2.05, 4.69) is 43.2 Å². The molecule has 0 aromatic heterocycles. The minimum absolute atomic E-state index is 0. The molecule has 2 heterocycles. The SMILES string of the molecule is CC(=O)N1CCc2cc(Br)cc(Cl)c21.Clc1cc(Br)cc2c1NCC2.[Li+].[OH-]. The van der Waals surface area contributed by atoms with Gasteiger partial charge in [-0.15, -0.1) is 0 Å². The van der Waals surface area contributed by atoms with Gasteiger partial charge in [-0.3, -0.25) is 4.79 Å². The van der Waals surface area contributed by atoms with Crippen molar-refractivity contribution in [3.05, 3.63) is 54.4 Å². The fraction of sp³-hybridized carbons (Fsp3) is 0.278. The zero-order valence-corrected chi connectivity index (χ0v) is 19.6. The molecule has 0 radical (unpaired) electrons. The molecule has 0 spiro atoms. The summed E-state index contributed by atoms with van der Waals surface area (Å²) in [6.07, 6.45) is 1.96. The third-order valence-electron chi connectivity index (χ3n) is 4.19. The normalized spacial score (nSPS) is 13.3. The second kappa shape index (κ2) is 10.5. The van der Waals surface area contributed by atoms with Gasteiger partial charge in [-0.05, 0) is 48.2 Å².